The van der Waals surface area contributed by atoms with Crippen molar-refractivity contribution in [1.82, 2.24) is 5.32 Å². The largest absolute Gasteiger partial charge is 0.444 e. The molecule has 0 radical (unpaired) electrons. The maximum absolute atomic E-state index is 11.5. The van der Waals surface area contributed by atoms with Crippen LogP contribution in [0.1, 0.15) is 5.56 Å². The van der Waals surface area contributed by atoms with Gasteiger partial charge in [0.15, 0.2) is 0 Å². The van der Waals surface area contributed by atoms with Gasteiger partial charge in [-0.25, -0.2) is 4.79 Å². The molecule has 0 saturated carbocycles. The Morgan fingerprint density at radius 3 is 2.83 bits per heavy atom. The molecule has 0 unspecified atom stereocenters. The molecule has 0 bridgehead atoms. The number of amides is 1. The summed E-state index contributed by atoms with van der Waals surface area (Å²) in [7, 11) is 0. The van der Waals surface area contributed by atoms with Gasteiger partial charge in [0, 0.05) is 24.0 Å². The minimum absolute atomic E-state index is 0.265. The Kier molecular flexibility index (Phi) is 4.02. The number of hydrogen-bond acceptors (Lipinski definition) is 3. The first kappa shape index (κ1) is 12.2. The van der Waals surface area contributed by atoms with Gasteiger partial charge in [-0.05, 0) is 19.1 Å². The Hall–Kier alpha value is -2.23. The molecular weight excluding hydrogens is 228 g/mol. The summed E-state index contributed by atoms with van der Waals surface area (Å²) in [6.45, 7) is 3.08. The van der Waals surface area contributed by atoms with Gasteiger partial charge in [-0.15, -0.1) is 0 Å². The van der Waals surface area contributed by atoms with Crippen LogP contribution in [0, 0.1) is 6.92 Å². The monoisotopic (exact) mass is 244 g/mol. The third-order valence-corrected chi connectivity index (χ3v) is 2.52. The van der Waals surface area contributed by atoms with Gasteiger partial charge in [0.05, 0.1) is 0 Å². The van der Waals surface area contributed by atoms with Crippen LogP contribution in [-0.2, 0) is 4.74 Å². The Labute approximate surface area is 106 Å². The lowest BCUT2D eigenvalue weighted by molar-refractivity contribution is 0.172. The highest BCUT2D eigenvalue weighted by Crippen LogP contribution is 2.09. The van der Waals surface area contributed by atoms with Crippen LogP contribution in [0.4, 0.5) is 10.5 Å². The van der Waals surface area contributed by atoms with Crippen LogP contribution < -0.4 is 10.6 Å². The van der Waals surface area contributed by atoms with Crippen molar-refractivity contribution in [2.45, 2.75) is 6.92 Å². The summed E-state index contributed by atoms with van der Waals surface area (Å²) >= 11 is 0. The lowest BCUT2D eigenvalue weighted by Crippen LogP contribution is -2.17. The molecule has 0 spiro atoms. The summed E-state index contributed by atoms with van der Waals surface area (Å²) in [5, 5.41) is 5.73. The second-order valence-electron chi connectivity index (χ2n) is 4.10. The predicted molar refractivity (Wildman–Crippen MR) is 71.4 cm³/mol. The van der Waals surface area contributed by atoms with Gasteiger partial charge in [-0.1, -0.05) is 29.8 Å². The van der Waals surface area contributed by atoms with E-state index in [9.17, 15) is 4.79 Å². The number of dihydropyridines is 1. The number of hydrogen-bond donors (Lipinski definition) is 2. The van der Waals surface area contributed by atoms with Crippen molar-refractivity contribution in [2.75, 3.05) is 18.5 Å². The molecule has 1 aromatic carbocycles. The minimum atomic E-state index is -0.446. The number of rotatable bonds is 3. The SMILES string of the molecule is Cc1ccc(NC(=O)OCC2=CNCC=C2)cc1. The second-order valence-corrected chi connectivity index (χ2v) is 4.10. The van der Waals surface area contributed by atoms with Crippen LogP contribution in [0.15, 0.2) is 48.2 Å². The van der Waals surface area contributed by atoms with Crippen LogP contribution in [0.5, 0.6) is 0 Å². The van der Waals surface area contributed by atoms with E-state index in [1.165, 1.54) is 0 Å². The van der Waals surface area contributed by atoms with Crippen molar-refractivity contribution in [3.8, 4) is 0 Å². The quantitative estimate of drug-likeness (QED) is 0.859. The van der Waals surface area contributed by atoms with Gasteiger partial charge >= 0.3 is 6.09 Å². The Bertz CT molecular complexity index is 475. The van der Waals surface area contributed by atoms with Crippen molar-refractivity contribution >= 4 is 11.8 Å². The maximum Gasteiger partial charge on any atom is 0.411 e. The van der Waals surface area contributed by atoms with Crippen LogP contribution in [-0.4, -0.2) is 19.2 Å². The lowest BCUT2D eigenvalue weighted by atomic mass is 10.2. The molecule has 4 nitrogen and oxygen atoms in total. The molecule has 1 amide bonds. The highest BCUT2D eigenvalue weighted by atomic mass is 16.5. The summed E-state index contributed by atoms with van der Waals surface area (Å²) in [5.41, 5.74) is 2.83. The second kappa shape index (κ2) is 5.91. The number of benzene rings is 1. The van der Waals surface area contributed by atoms with Crippen LogP contribution in [0.25, 0.3) is 0 Å². The van der Waals surface area contributed by atoms with Gasteiger partial charge in [-0.2, -0.15) is 0 Å². The number of nitrogens with one attached hydrogen (secondary N) is 2. The molecule has 18 heavy (non-hydrogen) atoms. The normalized spacial score (nSPS) is 13.5. The number of carbonyl (C=O) groups is 1. The zero-order valence-corrected chi connectivity index (χ0v) is 10.3. The average Bonchev–Trinajstić information content (AvgIpc) is 2.40. The van der Waals surface area contributed by atoms with Gasteiger partial charge in [0.1, 0.15) is 6.61 Å². The molecule has 4 heteroatoms. The molecule has 0 atom stereocenters. The fraction of sp³-hybridized carbons (Fsp3) is 0.214. The molecule has 1 aromatic rings. The van der Waals surface area contributed by atoms with Gasteiger partial charge in [-0.3, -0.25) is 5.32 Å². The summed E-state index contributed by atoms with van der Waals surface area (Å²) in [4.78, 5) is 11.5. The highest BCUT2D eigenvalue weighted by molar-refractivity contribution is 5.84. The summed E-state index contributed by atoms with van der Waals surface area (Å²) < 4.78 is 5.11. The fourth-order valence-electron chi connectivity index (χ4n) is 1.55. The summed E-state index contributed by atoms with van der Waals surface area (Å²) in [6, 6.07) is 7.56. The average molecular weight is 244 g/mol. The molecule has 1 aliphatic heterocycles. The van der Waals surface area contributed by atoms with E-state index in [1.807, 2.05) is 49.5 Å². The van der Waals surface area contributed by atoms with E-state index in [0.717, 1.165) is 23.4 Å². The first-order valence-electron chi connectivity index (χ1n) is 5.83. The zero-order chi connectivity index (χ0) is 12.8. The van der Waals surface area contributed by atoms with Gasteiger partial charge < -0.3 is 10.1 Å². The van der Waals surface area contributed by atoms with Crippen molar-refractivity contribution in [1.29, 1.82) is 0 Å². The van der Waals surface area contributed by atoms with E-state index in [0.29, 0.717) is 0 Å². The van der Waals surface area contributed by atoms with E-state index in [1.54, 1.807) is 0 Å². The third-order valence-electron chi connectivity index (χ3n) is 2.52. The summed E-state index contributed by atoms with van der Waals surface area (Å²) in [5.74, 6) is 0. The Morgan fingerprint density at radius 2 is 2.17 bits per heavy atom. The van der Waals surface area contributed by atoms with Crippen molar-refractivity contribution in [3.63, 3.8) is 0 Å². The van der Waals surface area contributed by atoms with Gasteiger partial charge in [0.2, 0.25) is 0 Å². The van der Waals surface area contributed by atoms with Crippen molar-refractivity contribution < 1.29 is 9.53 Å². The molecule has 0 aliphatic carbocycles. The van der Waals surface area contributed by atoms with Crippen LogP contribution in [0.2, 0.25) is 0 Å². The molecular formula is C14H16N2O2. The molecule has 2 rings (SSSR count). The number of carbonyl (C=O) groups excluding carboxylic acids is 1. The smallest absolute Gasteiger partial charge is 0.411 e. The molecule has 0 aromatic heterocycles. The Balaban J connectivity index is 1.80. The third kappa shape index (κ3) is 3.66. The lowest BCUT2D eigenvalue weighted by Gasteiger charge is -2.10. The maximum atomic E-state index is 11.5. The predicted octanol–water partition coefficient (Wildman–Crippen LogP) is 2.59. The van der Waals surface area contributed by atoms with E-state index in [2.05, 4.69) is 10.6 Å². The van der Waals surface area contributed by atoms with E-state index < -0.39 is 6.09 Å². The minimum Gasteiger partial charge on any atom is -0.444 e. The van der Waals surface area contributed by atoms with E-state index >= 15 is 0 Å². The van der Waals surface area contributed by atoms with Gasteiger partial charge in [0.25, 0.3) is 0 Å². The molecule has 94 valence electrons. The Morgan fingerprint density at radius 1 is 1.39 bits per heavy atom. The first-order chi connectivity index (χ1) is 8.74. The molecule has 0 fully saturated rings. The molecule has 2 N–H and O–H groups in total. The van der Waals surface area contributed by atoms with E-state index in [-0.39, 0.29) is 6.61 Å². The number of ether oxygens (including phenoxy) is 1. The van der Waals surface area contributed by atoms with E-state index in [4.69, 9.17) is 4.74 Å². The number of aryl methyl sites for hydroxylation is 1. The molecule has 0 saturated heterocycles. The highest BCUT2D eigenvalue weighted by Gasteiger charge is 2.04. The van der Waals surface area contributed by atoms with Crippen molar-refractivity contribution in [2.24, 2.45) is 0 Å². The van der Waals surface area contributed by atoms with Crippen LogP contribution >= 0.6 is 0 Å². The first-order valence-corrected chi connectivity index (χ1v) is 5.83. The number of anilines is 1. The standard InChI is InChI=1S/C14H16N2O2/c1-11-4-6-13(7-5-11)16-14(17)18-10-12-3-2-8-15-9-12/h2-7,9,15H,8,10H2,1H3,(H,16,17). The zero-order valence-electron chi connectivity index (χ0n) is 10.3. The van der Waals surface area contributed by atoms with Crippen LogP contribution in [0.3, 0.4) is 0 Å². The topological polar surface area (TPSA) is 50.4 Å². The molecule has 1 heterocycles. The fourth-order valence-corrected chi connectivity index (χ4v) is 1.55. The summed E-state index contributed by atoms with van der Waals surface area (Å²) in [6.07, 6.45) is 5.32. The molecule has 1 aliphatic rings. The van der Waals surface area contributed by atoms with Crippen molar-refractivity contribution in [3.05, 3.63) is 53.8 Å².